The van der Waals surface area contributed by atoms with E-state index in [1.165, 1.54) is 11.3 Å². The molecule has 0 fully saturated rings. The molecule has 0 aliphatic rings. The highest BCUT2D eigenvalue weighted by Crippen LogP contribution is 2.07. The van der Waals surface area contributed by atoms with Gasteiger partial charge in [0.25, 0.3) is 0 Å². The standard InChI is InChI=1S/C13H13N5OS/c1-10(11-5-3-2-4-6-11)17-19-8-7-12-15-16-13-18(12)14-9-20-13/h2-6,9H,7-8H2,1H3/b17-10+. The van der Waals surface area contributed by atoms with Crippen molar-refractivity contribution >= 4 is 22.0 Å². The Kier molecular flexibility index (Phi) is 3.69. The van der Waals surface area contributed by atoms with Gasteiger partial charge >= 0.3 is 0 Å². The van der Waals surface area contributed by atoms with Crippen molar-refractivity contribution in [2.24, 2.45) is 5.16 Å². The molecule has 0 amide bonds. The van der Waals surface area contributed by atoms with E-state index in [0.29, 0.717) is 13.0 Å². The van der Waals surface area contributed by atoms with Crippen molar-refractivity contribution in [1.82, 2.24) is 19.8 Å². The average Bonchev–Trinajstić information content (AvgIpc) is 3.08. The quantitative estimate of drug-likeness (QED) is 0.410. The SMILES string of the molecule is C/C(=N\OCCc1nnc2scnn12)c1ccccc1. The minimum absolute atomic E-state index is 0.447. The molecule has 6 nitrogen and oxygen atoms in total. The van der Waals surface area contributed by atoms with Gasteiger partial charge in [-0.15, -0.1) is 10.2 Å². The maximum Gasteiger partial charge on any atom is 0.234 e. The van der Waals surface area contributed by atoms with Gasteiger partial charge in [0.1, 0.15) is 12.1 Å². The summed E-state index contributed by atoms with van der Waals surface area (Å²) in [5, 5.41) is 16.3. The summed E-state index contributed by atoms with van der Waals surface area (Å²) in [5.74, 6) is 0.786. The Labute approximate surface area is 119 Å². The lowest BCUT2D eigenvalue weighted by Gasteiger charge is -2.01. The molecule has 0 atom stereocenters. The third kappa shape index (κ3) is 2.67. The maximum atomic E-state index is 5.33. The van der Waals surface area contributed by atoms with Crippen LogP contribution < -0.4 is 0 Å². The van der Waals surface area contributed by atoms with E-state index in [1.807, 2.05) is 37.3 Å². The molecule has 1 aromatic carbocycles. The largest absolute Gasteiger partial charge is 0.395 e. The zero-order valence-electron chi connectivity index (χ0n) is 10.9. The summed E-state index contributed by atoms with van der Waals surface area (Å²) in [5.41, 5.74) is 3.65. The lowest BCUT2D eigenvalue weighted by Crippen LogP contribution is -2.02. The summed E-state index contributed by atoms with van der Waals surface area (Å²) >= 11 is 1.46. The topological polar surface area (TPSA) is 64.7 Å². The molecule has 2 aromatic heterocycles. The number of hydrogen-bond acceptors (Lipinski definition) is 6. The van der Waals surface area contributed by atoms with E-state index in [2.05, 4.69) is 20.5 Å². The van der Waals surface area contributed by atoms with Gasteiger partial charge in [-0.2, -0.15) is 9.61 Å². The first-order chi connectivity index (χ1) is 9.84. The summed E-state index contributed by atoms with van der Waals surface area (Å²) < 4.78 is 1.72. The number of rotatable bonds is 5. The van der Waals surface area contributed by atoms with Gasteiger partial charge in [0.05, 0.1) is 5.71 Å². The molecule has 0 aliphatic heterocycles. The number of oxime groups is 1. The molecule has 0 saturated carbocycles. The molecular formula is C13H13N5OS. The van der Waals surface area contributed by atoms with E-state index >= 15 is 0 Å². The number of fused-ring (bicyclic) bond motifs is 1. The highest BCUT2D eigenvalue weighted by molar-refractivity contribution is 7.14. The van der Waals surface area contributed by atoms with Crippen molar-refractivity contribution in [3.8, 4) is 0 Å². The fourth-order valence-electron chi connectivity index (χ4n) is 1.77. The second-order valence-corrected chi connectivity index (χ2v) is 4.99. The van der Waals surface area contributed by atoms with Crippen LogP contribution in [0.4, 0.5) is 0 Å². The minimum Gasteiger partial charge on any atom is -0.395 e. The molecule has 0 bridgehead atoms. The zero-order valence-corrected chi connectivity index (χ0v) is 11.7. The molecule has 0 radical (unpaired) electrons. The predicted octanol–water partition coefficient (Wildman–Crippen LogP) is 2.17. The summed E-state index contributed by atoms with van der Waals surface area (Å²) in [4.78, 5) is 6.13. The average molecular weight is 287 g/mol. The van der Waals surface area contributed by atoms with Gasteiger partial charge in [-0.05, 0) is 12.5 Å². The van der Waals surface area contributed by atoms with Gasteiger partial charge in [0.15, 0.2) is 5.82 Å². The number of aromatic nitrogens is 4. The van der Waals surface area contributed by atoms with Crippen molar-refractivity contribution < 1.29 is 4.84 Å². The molecule has 0 spiro atoms. The van der Waals surface area contributed by atoms with E-state index in [9.17, 15) is 0 Å². The Morgan fingerprint density at radius 1 is 1.30 bits per heavy atom. The zero-order chi connectivity index (χ0) is 13.8. The molecule has 20 heavy (non-hydrogen) atoms. The highest BCUT2D eigenvalue weighted by Gasteiger charge is 2.07. The summed E-state index contributed by atoms with van der Waals surface area (Å²) in [7, 11) is 0. The van der Waals surface area contributed by atoms with Gasteiger partial charge in [-0.3, -0.25) is 0 Å². The number of benzene rings is 1. The van der Waals surface area contributed by atoms with Crippen LogP contribution >= 0.6 is 11.3 Å². The lowest BCUT2D eigenvalue weighted by atomic mass is 10.1. The van der Waals surface area contributed by atoms with E-state index in [1.54, 1.807) is 10.0 Å². The molecule has 3 rings (SSSR count). The number of nitrogens with zero attached hydrogens (tertiary/aromatic N) is 5. The van der Waals surface area contributed by atoms with Gasteiger partial charge < -0.3 is 4.84 Å². The monoisotopic (exact) mass is 287 g/mol. The van der Waals surface area contributed by atoms with Crippen molar-refractivity contribution in [1.29, 1.82) is 0 Å². The summed E-state index contributed by atoms with van der Waals surface area (Å²) in [6.45, 7) is 2.37. The van der Waals surface area contributed by atoms with E-state index < -0.39 is 0 Å². The predicted molar refractivity (Wildman–Crippen MR) is 77.0 cm³/mol. The Balaban J connectivity index is 1.57. The van der Waals surface area contributed by atoms with Crippen molar-refractivity contribution in [3.63, 3.8) is 0 Å². The molecule has 0 aliphatic carbocycles. The minimum atomic E-state index is 0.447. The second-order valence-electron chi connectivity index (χ2n) is 4.18. The molecule has 7 heteroatoms. The fourth-order valence-corrected chi connectivity index (χ4v) is 2.35. The summed E-state index contributed by atoms with van der Waals surface area (Å²) in [6.07, 6.45) is 0.621. The van der Waals surface area contributed by atoms with Crippen molar-refractivity contribution in [3.05, 3.63) is 47.2 Å². The van der Waals surface area contributed by atoms with Crippen LogP contribution in [-0.4, -0.2) is 32.1 Å². The van der Waals surface area contributed by atoms with Gasteiger partial charge in [0, 0.05) is 6.42 Å². The fraction of sp³-hybridized carbons (Fsp3) is 0.231. The van der Waals surface area contributed by atoms with Crippen LogP contribution in [0, 0.1) is 0 Å². The van der Waals surface area contributed by atoms with Crippen LogP contribution in [0.3, 0.4) is 0 Å². The molecule has 0 N–H and O–H groups in total. The first-order valence-corrected chi connectivity index (χ1v) is 7.08. The second kappa shape index (κ2) is 5.79. The molecule has 0 saturated heterocycles. The number of hydrogen-bond donors (Lipinski definition) is 0. The van der Waals surface area contributed by atoms with E-state index in [-0.39, 0.29) is 0 Å². The van der Waals surface area contributed by atoms with Crippen LogP contribution in [0.2, 0.25) is 0 Å². The van der Waals surface area contributed by atoms with Crippen molar-refractivity contribution in [2.75, 3.05) is 6.61 Å². The summed E-state index contributed by atoms with van der Waals surface area (Å²) in [6, 6.07) is 9.92. The maximum absolute atomic E-state index is 5.33. The smallest absolute Gasteiger partial charge is 0.234 e. The Hall–Kier alpha value is -2.28. The first kappa shape index (κ1) is 12.7. The highest BCUT2D eigenvalue weighted by atomic mass is 32.1. The van der Waals surface area contributed by atoms with Gasteiger partial charge in [-0.25, -0.2) is 0 Å². The van der Waals surface area contributed by atoms with Crippen LogP contribution in [0.1, 0.15) is 18.3 Å². The van der Waals surface area contributed by atoms with Gasteiger partial charge in [-0.1, -0.05) is 46.8 Å². The van der Waals surface area contributed by atoms with Crippen molar-refractivity contribution in [2.45, 2.75) is 13.3 Å². The molecule has 2 heterocycles. The third-order valence-electron chi connectivity index (χ3n) is 2.81. The Bertz CT molecular complexity index is 719. The van der Waals surface area contributed by atoms with Crippen LogP contribution in [0.25, 0.3) is 4.96 Å². The molecule has 0 unspecified atom stereocenters. The third-order valence-corrected chi connectivity index (χ3v) is 3.47. The van der Waals surface area contributed by atoms with Crippen LogP contribution in [0.15, 0.2) is 41.0 Å². The molecule has 3 aromatic rings. The first-order valence-electron chi connectivity index (χ1n) is 6.20. The van der Waals surface area contributed by atoms with E-state index in [0.717, 1.165) is 22.1 Å². The van der Waals surface area contributed by atoms with Crippen LogP contribution in [-0.2, 0) is 11.3 Å². The van der Waals surface area contributed by atoms with E-state index in [4.69, 9.17) is 4.84 Å². The lowest BCUT2D eigenvalue weighted by molar-refractivity contribution is 0.146. The Morgan fingerprint density at radius 3 is 3.00 bits per heavy atom. The van der Waals surface area contributed by atoms with Gasteiger partial charge in [0.2, 0.25) is 4.96 Å². The molecular weight excluding hydrogens is 274 g/mol. The normalized spacial score (nSPS) is 11.9. The van der Waals surface area contributed by atoms with Crippen LogP contribution in [0.5, 0.6) is 0 Å². The Morgan fingerprint density at radius 2 is 2.15 bits per heavy atom. The molecule has 102 valence electrons.